The lowest BCUT2D eigenvalue weighted by molar-refractivity contribution is 0.103. The third-order valence-corrected chi connectivity index (χ3v) is 4.43. The van der Waals surface area contributed by atoms with E-state index in [-0.39, 0.29) is 5.78 Å². The van der Waals surface area contributed by atoms with E-state index in [4.69, 9.17) is 0 Å². The zero-order chi connectivity index (χ0) is 14.7. The van der Waals surface area contributed by atoms with Crippen molar-refractivity contribution < 1.29 is 4.79 Å². The van der Waals surface area contributed by atoms with Crippen molar-refractivity contribution in [1.29, 1.82) is 0 Å². The highest BCUT2D eigenvalue weighted by molar-refractivity contribution is 7.98. The molecule has 1 aromatic heterocycles. The Labute approximate surface area is 125 Å². The molecule has 2 rings (SSSR count). The summed E-state index contributed by atoms with van der Waals surface area (Å²) in [7, 11) is 0. The van der Waals surface area contributed by atoms with Gasteiger partial charge < -0.3 is 4.57 Å². The van der Waals surface area contributed by atoms with E-state index in [1.807, 2.05) is 55.1 Å². The Morgan fingerprint density at radius 3 is 2.50 bits per heavy atom. The molecular weight excluding hydrogens is 266 g/mol. The molecule has 0 aliphatic heterocycles. The van der Waals surface area contributed by atoms with E-state index in [1.165, 1.54) is 0 Å². The normalized spacial score (nSPS) is 12.4. The topological polar surface area (TPSA) is 22.0 Å². The number of hydrogen-bond donors (Lipinski definition) is 0. The number of rotatable bonds is 5. The minimum atomic E-state index is 0.112. The van der Waals surface area contributed by atoms with Crippen molar-refractivity contribution >= 4 is 17.5 Å². The van der Waals surface area contributed by atoms with E-state index >= 15 is 0 Å². The molecule has 1 unspecified atom stereocenters. The number of hydrogen-bond acceptors (Lipinski definition) is 2. The molecule has 1 atom stereocenters. The number of thioether (sulfide) groups is 1. The molecule has 20 heavy (non-hydrogen) atoms. The van der Waals surface area contributed by atoms with Crippen LogP contribution in [0.2, 0.25) is 0 Å². The molecular formula is C17H21NOS. The predicted molar refractivity (Wildman–Crippen MR) is 86.9 cm³/mol. The fourth-order valence-electron chi connectivity index (χ4n) is 2.75. The van der Waals surface area contributed by atoms with Crippen LogP contribution in [0.4, 0.5) is 0 Å². The molecule has 0 N–H and O–H groups in total. The number of ketones is 1. The molecule has 0 saturated carbocycles. The molecule has 0 aliphatic rings. The van der Waals surface area contributed by atoms with Gasteiger partial charge in [-0.1, -0.05) is 30.3 Å². The minimum Gasteiger partial charge on any atom is -0.345 e. The van der Waals surface area contributed by atoms with E-state index in [9.17, 15) is 4.79 Å². The van der Waals surface area contributed by atoms with E-state index in [0.717, 1.165) is 28.3 Å². The molecule has 0 radical (unpaired) electrons. The SMILES string of the molecule is CSCC(C)n1c(C)cc(C(=O)c2ccccc2)c1C. The van der Waals surface area contributed by atoms with Crippen molar-refractivity contribution in [2.24, 2.45) is 0 Å². The van der Waals surface area contributed by atoms with Gasteiger partial charge in [0, 0.05) is 34.3 Å². The number of carbonyl (C=O) groups is 1. The number of benzene rings is 1. The zero-order valence-corrected chi connectivity index (χ0v) is 13.3. The first-order chi connectivity index (χ1) is 9.56. The number of carbonyl (C=O) groups excluding carboxylic acids is 1. The highest BCUT2D eigenvalue weighted by atomic mass is 32.2. The van der Waals surface area contributed by atoms with Crippen molar-refractivity contribution in [1.82, 2.24) is 4.57 Å². The second-order valence-corrected chi connectivity index (χ2v) is 6.07. The number of aromatic nitrogens is 1. The van der Waals surface area contributed by atoms with Gasteiger partial charge in [0.1, 0.15) is 0 Å². The van der Waals surface area contributed by atoms with Crippen LogP contribution >= 0.6 is 11.8 Å². The summed E-state index contributed by atoms with van der Waals surface area (Å²) in [5.74, 6) is 1.16. The van der Waals surface area contributed by atoms with Crippen LogP contribution < -0.4 is 0 Å². The van der Waals surface area contributed by atoms with E-state index in [1.54, 1.807) is 0 Å². The van der Waals surface area contributed by atoms with Gasteiger partial charge in [-0.3, -0.25) is 4.79 Å². The lowest BCUT2D eigenvalue weighted by Gasteiger charge is -2.17. The van der Waals surface area contributed by atoms with Crippen molar-refractivity contribution in [2.45, 2.75) is 26.8 Å². The van der Waals surface area contributed by atoms with Crippen LogP contribution in [0.25, 0.3) is 0 Å². The van der Waals surface area contributed by atoms with Gasteiger partial charge >= 0.3 is 0 Å². The van der Waals surface area contributed by atoms with Crippen LogP contribution in [0.3, 0.4) is 0 Å². The Morgan fingerprint density at radius 2 is 1.90 bits per heavy atom. The lowest BCUT2D eigenvalue weighted by atomic mass is 10.0. The average molecular weight is 287 g/mol. The van der Waals surface area contributed by atoms with Crippen LogP contribution in [0, 0.1) is 13.8 Å². The second-order valence-electron chi connectivity index (χ2n) is 5.15. The Hall–Kier alpha value is -1.48. The smallest absolute Gasteiger partial charge is 0.194 e. The van der Waals surface area contributed by atoms with Crippen molar-refractivity contribution in [2.75, 3.05) is 12.0 Å². The van der Waals surface area contributed by atoms with Crippen LogP contribution in [-0.4, -0.2) is 22.4 Å². The van der Waals surface area contributed by atoms with Crippen molar-refractivity contribution in [3.05, 3.63) is 58.9 Å². The second kappa shape index (κ2) is 6.31. The van der Waals surface area contributed by atoms with Gasteiger partial charge in [0.05, 0.1) is 0 Å². The maximum atomic E-state index is 12.6. The van der Waals surface area contributed by atoms with Crippen LogP contribution in [0.15, 0.2) is 36.4 Å². The van der Waals surface area contributed by atoms with Crippen LogP contribution in [0.1, 0.15) is 40.3 Å². The molecule has 3 heteroatoms. The third kappa shape index (κ3) is 2.83. The van der Waals surface area contributed by atoms with Crippen molar-refractivity contribution in [3.8, 4) is 0 Å². The number of aryl methyl sites for hydroxylation is 1. The summed E-state index contributed by atoms with van der Waals surface area (Å²) in [6.07, 6.45) is 2.11. The molecule has 106 valence electrons. The van der Waals surface area contributed by atoms with Gasteiger partial charge in [-0.15, -0.1) is 0 Å². The maximum Gasteiger partial charge on any atom is 0.194 e. The quantitative estimate of drug-likeness (QED) is 0.767. The molecule has 1 heterocycles. The minimum absolute atomic E-state index is 0.112. The summed E-state index contributed by atoms with van der Waals surface area (Å²) in [6.45, 7) is 6.32. The molecule has 0 spiro atoms. The molecule has 0 fully saturated rings. The Morgan fingerprint density at radius 1 is 1.25 bits per heavy atom. The van der Waals surface area contributed by atoms with Gasteiger partial charge in [-0.05, 0) is 33.1 Å². The number of nitrogens with zero attached hydrogens (tertiary/aromatic N) is 1. The summed E-state index contributed by atoms with van der Waals surface area (Å²) < 4.78 is 2.27. The Kier molecular flexibility index (Phi) is 4.71. The molecule has 0 aliphatic carbocycles. The first-order valence-electron chi connectivity index (χ1n) is 6.83. The molecule has 0 bridgehead atoms. The van der Waals surface area contributed by atoms with E-state index in [2.05, 4.69) is 24.7 Å². The van der Waals surface area contributed by atoms with Crippen LogP contribution in [0.5, 0.6) is 0 Å². The Balaban J connectivity index is 2.40. The highest BCUT2D eigenvalue weighted by Gasteiger charge is 2.19. The first kappa shape index (κ1) is 14.9. The monoisotopic (exact) mass is 287 g/mol. The predicted octanol–water partition coefficient (Wildman–Crippen LogP) is 4.26. The highest BCUT2D eigenvalue weighted by Crippen LogP contribution is 2.24. The van der Waals surface area contributed by atoms with Gasteiger partial charge in [0.15, 0.2) is 5.78 Å². The fourth-order valence-corrected chi connectivity index (χ4v) is 3.38. The van der Waals surface area contributed by atoms with E-state index < -0.39 is 0 Å². The summed E-state index contributed by atoms with van der Waals surface area (Å²) in [6, 6.07) is 11.9. The molecule has 0 amide bonds. The fraction of sp³-hybridized carbons (Fsp3) is 0.353. The summed E-state index contributed by atoms with van der Waals surface area (Å²) in [5, 5.41) is 0. The maximum absolute atomic E-state index is 12.6. The largest absolute Gasteiger partial charge is 0.345 e. The summed E-state index contributed by atoms with van der Waals surface area (Å²) in [4.78, 5) is 12.6. The van der Waals surface area contributed by atoms with Gasteiger partial charge in [-0.2, -0.15) is 11.8 Å². The summed E-state index contributed by atoms with van der Waals surface area (Å²) in [5.41, 5.74) is 3.80. The standard InChI is InChI=1S/C17H21NOS/c1-12-10-16(14(3)18(12)13(2)11-20-4)17(19)15-8-6-5-7-9-15/h5-10,13H,11H2,1-4H3. The first-order valence-corrected chi connectivity index (χ1v) is 8.22. The molecule has 2 nitrogen and oxygen atoms in total. The molecule has 2 aromatic rings. The van der Waals surface area contributed by atoms with E-state index in [0.29, 0.717) is 6.04 Å². The summed E-state index contributed by atoms with van der Waals surface area (Å²) >= 11 is 1.83. The third-order valence-electron chi connectivity index (χ3n) is 3.61. The van der Waals surface area contributed by atoms with Gasteiger partial charge in [-0.25, -0.2) is 0 Å². The van der Waals surface area contributed by atoms with Crippen LogP contribution in [-0.2, 0) is 0 Å². The van der Waals surface area contributed by atoms with Gasteiger partial charge in [0.25, 0.3) is 0 Å². The lowest BCUT2D eigenvalue weighted by Crippen LogP contribution is -2.12. The molecule has 0 saturated heterocycles. The van der Waals surface area contributed by atoms with Crippen molar-refractivity contribution in [3.63, 3.8) is 0 Å². The molecule has 1 aromatic carbocycles. The zero-order valence-electron chi connectivity index (χ0n) is 12.5. The Bertz CT molecular complexity index is 601. The van der Waals surface area contributed by atoms with Gasteiger partial charge in [0.2, 0.25) is 0 Å². The average Bonchev–Trinajstić information content (AvgIpc) is 2.74.